The SMILES string of the molecule is CC(C)(S)[C@H](N)C(=O)NC[C@H]1O[C@@H](n2ccc(=O)[nH]c2=O)[C@H](O)[C@@H]1O. The van der Waals surface area contributed by atoms with Crippen molar-refractivity contribution in [3.05, 3.63) is 33.1 Å². The van der Waals surface area contributed by atoms with Crippen LogP contribution in [0.25, 0.3) is 0 Å². The van der Waals surface area contributed by atoms with Crippen LogP contribution in [0.1, 0.15) is 20.1 Å². The van der Waals surface area contributed by atoms with Gasteiger partial charge in [-0.25, -0.2) is 4.79 Å². The Morgan fingerprint density at radius 2 is 2.12 bits per heavy atom. The number of amides is 1. The molecule has 6 N–H and O–H groups in total. The van der Waals surface area contributed by atoms with Crippen molar-refractivity contribution in [2.75, 3.05) is 6.54 Å². The van der Waals surface area contributed by atoms with Gasteiger partial charge in [-0.2, -0.15) is 12.6 Å². The number of nitrogens with two attached hydrogens (primary N) is 1. The Balaban J connectivity index is 2.06. The van der Waals surface area contributed by atoms with Gasteiger partial charge in [0.2, 0.25) is 5.91 Å². The van der Waals surface area contributed by atoms with Crippen LogP contribution in [0.3, 0.4) is 0 Å². The number of aliphatic hydroxyl groups excluding tert-OH is 2. The van der Waals surface area contributed by atoms with E-state index in [4.69, 9.17) is 10.5 Å². The van der Waals surface area contributed by atoms with E-state index in [1.807, 2.05) is 4.98 Å². The third-order valence-electron chi connectivity index (χ3n) is 3.98. The number of nitrogens with one attached hydrogen (secondary N) is 2. The highest BCUT2D eigenvalue weighted by Gasteiger charge is 2.44. The van der Waals surface area contributed by atoms with Crippen LogP contribution in [0.5, 0.6) is 0 Å². The number of ether oxygens (including phenoxy) is 1. The summed E-state index contributed by atoms with van der Waals surface area (Å²) >= 11 is 4.23. The molecule has 1 aliphatic heterocycles. The zero-order valence-electron chi connectivity index (χ0n) is 13.7. The molecule has 1 fully saturated rings. The van der Waals surface area contributed by atoms with E-state index >= 15 is 0 Å². The molecule has 1 amide bonds. The summed E-state index contributed by atoms with van der Waals surface area (Å²) in [6, 6.07) is 0.198. The Morgan fingerprint density at radius 3 is 2.68 bits per heavy atom. The first-order valence-electron chi connectivity index (χ1n) is 7.61. The lowest BCUT2D eigenvalue weighted by Gasteiger charge is -2.25. The highest BCUT2D eigenvalue weighted by Crippen LogP contribution is 2.27. The van der Waals surface area contributed by atoms with Crippen LogP contribution in [0, 0.1) is 0 Å². The Hall–Kier alpha value is -1.66. The highest BCUT2D eigenvalue weighted by atomic mass is 32.1. The molecule has 1 aromatic rings. The maximum atomic E-state index is 12.0. The standard InChI is InChI=1S/C14H22N4O6S/c1-14(2,25)10(15)11(22)16-5-6-8(20)9(21)12(24-6)18-4-3-7(19)17-13(18)23/h3-4,6,8-10,12,20-21,25H,5,15H2,1-2H3,(H,16,22)(H,17,19,23)/t6-,8-,9-,10-,12-/m1/s1. The van der Waals surface area contributed by atoms with Crippen LogP contribution >= 0.6 is 12.6 Å². The number of rotatable bonds is 5. The number of thiol groups is 1. The molecule has 1 aromatic heterocycles. The normalized spacial score (nSPS) is 27.9. The molecule has 0 radical (unpaired) electrons. The van der Waals surface area contributed by atoms with Crippen LogP contribution in [-0.2, 0) is 9.53 Å². The second-order valence-electron chi connectivity index (χ2n) is 6.44. The quantitative estimate of drug-likeness (QED) is 0.306. The van der Waals surface area contributed by atoms with Crippen LogP contribution < -0.4 is 22.3 Å². The van der Waals surface area contributed by atoms with E-state index in [0.29, 0.717) is 0 Å². The zero-order valence-corrected chi connectivity index (χ0v) is 14.6. The summed E-state index contributed by atoms with van der Waals surface area (Å²) < 4.78 is 5.69. The average molecular weight is 374 g/mol. The first-order valence-corrected chi connectivity index (χ1v) is 8.06. The Labute approximate surface area is 148 Å². The van der Waals surface area contributed by atoms with E-state index in [-0.39, 0.29) is 6.54 Å². The van der Waals surface area contributed by atoms with Gasteiger partial charge in [0, 0.05) is 23.6 Å². The molecule has 0 bridgehead atoms. The molecule has 0 unspecified atom stereocenters. The first-order chi connectivity index (χ1) is 11.5. The molecular formula is C14H22N4O6S. The third-order valence-corrected chi connectivity index (χ3v) is 4.26. The summed E-state index contributed by atoms with van der Waals surface area (Å²) in [5.41, 5.74) is 4.39. The monoisotopic (exact) mass is 374 g/mol. The number of hydrogen-bond acceptors (Lipinski definition) is 8. The third kappa shape index (κ3) is 4.30. The van der Waals surface area contributed by atoms with E-state index in [9.17, 15) is 24.6 Å². The minimum atomic E-state index is -1.42. The van der Waals surface area contributed by atoms with Gasteiger partial charge in [-0.05, 0) is 13.8 Å². The topological polar surface area (TPSA) is 160 Å². The second-order valence-corrected chi connectivity index (χ2v) is 7.59. The van der Waals surface area contributed by atoms with Crippen molar-refractivity contribution in [2.45, 2.75) is 49.2 Å². The lowest BCUT2D eigenvalue weighted by Crippen LogP contribution is -2.53. The molecule has 25 heavy (non-hydrogen) atoms. The highest BCUT2D eigenvalue weighted by molar-refractivity contribution is 7.81. The second kappa shape index (κ2) is 7.30. The first kappa shape index (κ1) is 19.7. The van der Waals surface area contributed by atoms with E-state index in [0.717, 1.165) is 16.8 Å². The molecule has 2 heterocycles. The molecule has 0 aromatic carbocycles. The summed E-state index contributed by atoms with van der Waals surface area (Å²) in [6.45, 7) is 3.25. The summed E-state index contributed by atoms with van der Waals surface area (Å²) in [6.07, 6.45) is -3.76. The van der Waals surface area contributed by atoms with Crippen molar-refractivity contribution in [1.29, 1.82) is 0 Å². The van der Waals surface area contributed by atoms with Crippen molar-refractivity contribution in [3.8, 4) is 0 Å². The van der Waals surface area contributed by atoms with Gasteiger partial charge in [0.05, 0.1) is 6.04 Å². The summed E-state index contributed by atoms with van der Waals surface area (Å²) in [5.74, 6) is -0.491. The molecule has 10 nitrogen and oxygen atoms in total. The number of aromatic nitrogens is 2. The van der Waals surface area contributed by atoms with E-state index < -0.39 is 52.5 Å². The molecule has 1 aliphatic rings. The molecule has 0 aliphatic carbocycles. The molecule has 2 rings (SSSR count). The Morgan fingerprint density at radius 1 is 1.48 bits per heavy atom. The Bertz CT molecular complexity index is 742. The van der Waals surface area contributed by atoms with Gasteiger partial charge < -0.3 is 26.0 Å². The summed E-state index contributed by atoms with van der Waals surface area (Å²) in [7, 11) is 0. The summed E-state index contributed by atoms with van der Waals surface area (Å²) in [4.78, 5) is 36.9. The largest absolute Gasteiger partial charge is 0.387 e. The van der Waals surface area contributed by atoms with Gasteiger partial charge in [0.15, 0.2) is 6.23 Å². The number of carbonyl (C=O) groups excluding carboxylic acids is 1. The van der Waals surface area contributed by atoms with Gasteiger partial charge in [-0.1, -0.05) is 0 Å². The number of H-pyrrole nitrogens is 1. The van der Waals surface area contributed by atoms with E-state index in [1.165, 1.54) is 0 Å². The maximum absolute atomic E-state index is 12.0. The smallest absolute Gasteiger partial charge is 0.330 e. The average Bonchev–Trinajstić information content (AvgIpc) is 2.79. The molecule has 0 spiro atoms. The fourth-order valence-corrected chi connectivity index (χ4v) is 2.50. The summed E-state index contributed by atoms with van der Waals surface area (Å²) in [5, 5.41) is 22.7. The van der Waals surface area contributed by atoms with Gasteiger partial charge in [-0.3, -0.25) is 19.1 Å². The predicted octanol–water partition coefficient (Wildman–Crippen LogP) is -2.69. The van der Waals surface area contributed by atoms with Gasteiger partial charge >= 0.3 is 5.69 Å². The van der Waals surface area contributed by atoms with Crippen molar-refractivity contribution in [3.63, 3.8) is 0 Å². The van der Waals surface area contributed by atoms with Crippen molar-refractivity contribution in [2.24, 2.45) is 5.73 Å². The van der Waals surface area contributed by atoms with Gasteiger partial charge in [0.25, 0.3) is 5.56 Å². The molecule has 5 atom stereocenters. The molecular weight excluding hydrogens is 352 g/mol. The fraction of sp³-hybridized carbons (Fsp3) is 0.643. The maximum Gasteiger partial charge on any atom is 0.330 e. The van der Waals surface area contributed by atoms with Crippen molar-refractivity contribution < 1.29 is 19.7 Å². The molecule has 1 saturated heterocycles. The van der Waals surface area contributed by atoms with Gasteiger partial charge in [0.1, 0.15) is 18.3 Å². The minimum Gasteiger partial charge on any atom is -0.387 e. The molecule has 0 saturated carbocycles. The van der Waals surface area contributed by atoms with Crippen LogP contribution in [0.4, 0.5) is 0 Å². The molecule has 11 heteroatoms. The lowest BCUT2D eigenvalue weighted by atomic mass is 10.0. The minimum absolute atomic E-state index is 0.122. The van der Waals surface area contributed by atoms with Crippen LogP contribution in [0.15, 0.2) is 21.9 Å². The number of carbonyl (C=O) groups is 1. The van der Waals surface area contributed by atoms with Crippen LogP contribution in [-0.4, -0.2) is 61.3 Å². The Kier molecular flexibility index (Phi) is 5.74. The van der Waals surface area contributed by atoms with Crippen molar-refractivity contribution in [1.82, 2.24) is 14.9 Å². The lowest BCUT2D eigenvalue weighted by molar-refractivity contribution is -0.124. The predicted molar refractivity (Wildman–Crippen MR) is 91.3 cm³/mol. The number of hydrogen-bond donors (Lipinski definition) is 6. The van der Waals surface area contributed by atoms with Crippen molar-refractivity contribution >= 4 is 18.5 Å². The van der Waals surface area contributed by atoms with E-state index in [2.05, 4.69) is 17.9 Å². The fourth-order valence-electron chi connectivity index (χ4n) is 2.39. The molecule has 140 valence electrons. The number of aliphatic hydroxyl groups is 2. The van der Waals surface area contributed by atoms with E-state index in [1.54, 1.807) is 13.8 Å². The zero-order chi connectivity index (χ0) is 18.9. The van der Waals surface area contributed by atoms with Gasteiger partial charge in [-0.15, -0.1) is 0 Å². The number of nitrogens with zero attached hydrogens (tertiary/aromatic N) is 1. The number of aromatic amines is 1. The van der Waals surface area contributed by atoms with Crippen LogP contribution in [0.2, 0.25) is 0 Å².